The van der Waals surface area contributed by atoms with Crippen molar-refractivity contribution in [2.75, 3.05) is 10.6 Å². The molecular formula is C13H15FN4. The van der Waals surface area contributed by atoms with Crippen LogP contribution in [0.25, 0.3) is 0 Å². The molecule has 2 aromatic rings. The number of halogens is 1. The Morgan fingerprint density at radius 1 is 1.06 bits per heavy atom. The summed E-state index contributed by atoms with van der Waals surface area (Å²) in [5.41, 5.74) is 0.783. The predicted molar refractivity (Wildman–Crippen MR) is 70.5 cm³/mol. The van der Waals surface area contributed by atoms with E-state index in [1.165, 1.54) is 18.5 Å². The van der Waals surface area contributed by atoms with Gasteiger partial charge in [0.05, 0.1) is 0 Å². The second-order valence-corrected chi connectivity index (χ2v) is 4.22. The molecule has 18 heavy (non-hydrogen) atoms. The number of aromatic nitrogens is 2. The third-order valence-corrected chi connectivity index (χ3v) is 2.22. The van der Waals surface area contributed by atoms with Crippen molar-refractivity contribution in [1.29, 1.82) is 0 Å². The summed E-state index contributed by atoms with van der Waals surface area (Å²) < 4.78 is 12.8. The minimum Gasteiger partial charge on any atom is -0.368 e. The molecule has 1 aromatic carbocycles. The van der Waals surface area contributed by atoms with Gasteiger partial charge in [-0.2, -0.15) is 0 Å². The third-order valence-electron chi connectivity index (χ3n) is 2.22. The molecule has 0 aliphatic carbocycles. The lowest BCUT2D eigenvalue weighted by Crippen LogP contribution is -2.11. The van der Waals surface area contributed by atoms with Gasteiger partial charge in [0.2, 0.25) is 0 Å². The lowest BCUT2D eigenvalue weighted by atomic mass is 10.3. The number of benzene rings is 1. The molecule has 1 aromatic heterocycles. The molecule has 94 valence electrons. The molecule has 0 saturated heterocycles. The molecule has 0 atom stereocenters. The molecule has 0 saturated carbocycles. The highest BCUT2D eigenvalue weighted by molar-refractivity contribution is 5.58. The first-order chi connectivity index (χ1) is 8.63. The maximum absolute atomic E-state index is 12.8. The molecule has 2 rings (SSSR count). The van der Waals surface area contributed by atoms with Crippen molar-refractivity contribution >= 4 is 17.3 Å². The summed E-state index contributed by atoms with van der Waals surface area (Å²) in [4.78, 5) is 8.22. The van der Waals surface area contributed by atoms with Gasteiger partial charge >= 0.3 is 0 Å². The summed E-state index contributed by atoms with van der Waals surface area (Å²) in [6.45, 7) is 4.07. The summed E-state index contributed by atoms with van der Waals surface area (Å²) in [5.74, 6) is 1.16. The number of nitrogens with zero attached hydrogens (tertiary/aromatic N) is 2. The second kappa shape index (κ2) is 5.44. The van der Waals surface area contributed by atoms with Crippen molar-refractivity contribution in [2.24, 2.45) is 0 Å². The van der Waals surface area contributed by atoms with Crippen LogP contribution in [0.3, 0.4) is 0 Å². The van der Waals surface area contributed by atoms with Crippen LogP contribution in [0.5, 0.6) is 0 Å². The molecule has 2 N–H and O–H groups in total. The maximum Gasteiger partial charge on any atom is 0.135 e. The van der Waals surface area contributed by atoms with E-state index in [9.17, 15) is 4.39 Å². The van der Waals surface area contributed by atoms with Gasteiger partial charge < -0.3 is 10.6 Å². The molecule has 5 heteroatoms. The molecule has 0 radical (unpaired) electrons. The van der Waals surface area contributed by atoms with Crippen molar-refractivity contribution in [3.05, 3.63) is 42.5 Å². The quantitative estimate of drug-likeness (QED) is 0.870. The van der Waals surface area contributed by atoms with Crippen molar-refractivity contribution in [2.45, 2.75) is 19.9 Å². The first kappa shape index (κ1) is 12.3. The smallest absolute Gasteiger partial charge is 0.135 e. The normalized spacial score (nSPS) is 10.4. The Bertz CT molecular complexity index is 511. The van der Waals surface area contributed by atoms with Crippen molar-refractivity contribution in [1.82, 2.24) is 9.97 Å². The number of nitrogens with one attached hydrogen (secondary N) is 2. The molecule has 0 bridgehead atoms. The molecule has 0 unspecified atom stereocenters. The van der Waals surface area contributed by atoms with E-state index in [0.29, 0.717) is 11.9 Å². The van der Waals surface area contributed by atoms with Gasteiger partial charge in [0, 0.05) is 17.8 Å². The van der Waals surface area contributed by atoms with Gasteiger partial charge in [0.1, 0.15) is 23.8 Å². The summed E-state index contributed by atoms with van der Waals surface area (Å²) >= 11 is 0. The van der Waals surface area contributed by atoms with Crippen LogP contribution in [0.1, 0.15) is 13.8 Å². The zero-order valence-electron chi connectivity index (χ0n) is 10.3. The van der Waals surface area contributed by atoms with Gasteiger partial charge in [-0.3, -0.25) is 0 Å². The SMILES string of the molecule is CC(C)Nc1cc(Nc2ccc(F)cc2)ncn1. The van der Waals surface area contributed by atoms with Crippen LogP contribution in [0.4, 0.5) is 21.7 Å². The average Bonchev–Trinajstić information content (AvgIpc) is 2.32. The van der Waals surface area contributed by atoms with Gasteiger partial charge in [-0.1, -0.05) is 0 Å². The molecular weight excluding hydrogens is 231 g/mol. The number of hydrogen-bond acceptors (Lipinski definition) is 4. The highest BCUT2D eigenvalue weighted by Crippen LogP contribution is 2.16. The van der Waals surface area contributed by atoms with Gasteiger partial charge in [-0.25, -0.2) is 14.4 Å². The molecule has 0 amide bonds. The number of hydrogen-bond donors (Lipinski definition) is 2. The lowest BCUT2D eigenvalue weighted by molar-refractivity contribution is 0.628. The summed E-state index contributed by atoms with van der Waals surface area (Å²) in [5, 5.41) is 6.28. The van der Waals surface area contributed by atoms with E-state index in [2.05, 4.69) is 20.6 Å². The molecule has 0 aliphatic rings. The van der Waals surface area contributed by atoms with Crippen molar-refractivity contribution in [3.63, 3.8) is 0 Å². The van der Waals surface area contributed by atoms with Gasteiger partial charge in [-0.15, -0.1) is 0 Å². The van der Waals surface area contributed by atoms with E-state index in [-0.39, 0.29) is 5.82 Å². The first-order valence-corrected chi connectivity index (χ1v) is 5.74. The van der Waals surface area contributed by atoms with E-state index in [1.54, 1.807) is 12.1 Å². The van der Waals surface area contributed by atoms with Crippen LogP contribution in [-0.2, 0) is 0 Å². The lowest BCUT2D eigenvalue weighted by Gasteiger charge is -2.10. The van der Waals surface area contributed by atoms with Gasteiger partial charge in [0.25, 0.3) is 0 Å². The van der Waals surface area contributed by atoms with Crippen molar-refractivity contribution in [3.8, 4) is 0 Å². The standard InChI is InChI=1S/C13H15FN4/c1-9(2)17-12-7-13(16-8-15-12)18-11-5-3-10(14)4-6-11/h3-9H,1-2H3,(H2,15,16,17,18). The van der Waals surface area contributed by atoms with E-state index >= 15 is 0 Å². The molecule has 0 aliphatic heterocycles. The van der Waals surface area contributed by atoms with Crippen LogP contribution < -0.4 is 10.6 Å². The maximum atomic E-state index is 12.8. The Morgan fingerprint density at radius 2 is 1.72 bits per heavy atom. The largest absolute Gasteiger partial charge is 0.368 e. The topological polar surface area (TPSA) is 49.8 Å². The summed E-state index contributed by atoms with van der Waals surface area (Å²) in [6, 6.07) is 8.23. The van der Waals surface area contributed by atoms with E-state index in [0.717, 1.165) is 11.5 Å². The fraction of sp³-hybridized carbons (Fsp3) is 0.231. The van der Waals surface area contributed by atoms with Crippen LogP contribution >= 0.6 is 0 Å². The summed E-state index contributed by atoms with van der Waals surface area (Å²) in [6.07, 6.45) is 1.48. The van der Waals surface area contributed by atoms with E-state index in [1.807, 2.05) is 19.9 Å². The highest BCUT2D eigenvalue weighted by Gasteiger charge is 2.01. The third kappa shape index (κ3) is 3.41. The van der Waals surface area contributed by atoms with Crippen molar-refractivity contribution < 1.29 is 4.39 Å². The Hall–Kier alpha value is -2.17. The van der Waals surface area contributed by atoms with Crippen LogP contribution in [-0.4, -0.2) is 16.0 Å². The minimum atomic E-state index is -0.259. The van der Waals surface area contributed by atoms with Gasteiger partial charge in [-0.05, 0) is 38.1 Å². The molecule has 0 spiro atoms. The van der Waals surface area contributed by atoms with E-state index in [4.69, 9.17) is 0 Å². The predicted octanol–water partition coefficient (Wildman–Crippen LogP) is 3.18. The molecule has 4 nitrogen and oxygen atoms in total. The number of anilines is 3. The van der Waals surface area contributed by atoms with E-state index < -0.39 is 0 Å². The highest BCUT2D eigenvalue weighted by atomic mass is 19.1. The second-order valence-electron chi connectivity index (χ2n) is 4.22. The fourth-order valence-corrected chi connectivity index (χ4v) is 1.48. The van der Waals surface area contributed by atoms with Crippen LogP contribution in [0, 0.1) is 5.82 Å². The van der Waals surface area contributed by atoms with Gasteiger partial charge in [0.15, 0.2) is 0 Å². The fourth-order valence-electron chi connectivity index (χ4n) is 1.48. The Morgan fingerprint density at radius 3 is 2.39 bits per heavy atom. The Balaban J connectivity index is 2.11. The number of rotatable bonds is 4. The molecule has 1 heterocycles. The van der Waals surface area contributed by atoms with Crippen LogP contribution in [0.15, 0.2) is 36.7 Å². The minimum absolute atomic E-state index is 0.259. The van der Waals surface area contributed by atoms with Crippen LogP contribution in [0.2, 0.25) is 0 Å². The zero-order valence-corrected chi connectivity index (χ0v) is 10.3. The Kier molecular flexibility index (Phi) is 3.72. The zero-order chi connectivity index (χ0) is 13.0. The first-order valence-electron chi connectivity index (χ1n) is 5.74. The molecule has 0 fully saturated rings. The summed E-state index contributed by atoms with van der Waals surface area (Å²) in [7, 11) is 0. The Labute approximate surface area is 105 Å². The monoisotopic (exact) mass is 246 g/mol. The average molecular weight is 246 g/mol.